The molecule has 0 heterocycles. The standard InChI is InChI=1S/C8H7.3CH3.Ce/c1-2-8-6-4-3-5-7-8;;;;/h2-6H,1H2;3*1H3;/q4*-1;+4. The average Bonchev–Trinajstić information content (AvgIpc) is 1.90. The molecule has 0 radical (unpaired) electrons. The largest absolute Gasteiger partial charge is 4.00 e. The van der Waals surface area contributed by atoms with Crippen molar-refractivity contribution in [2.45, 2.75) is 0 Å². The van der Waals surface area contributed by atoms with E-state index in [9.17, 15) is 0 Å². The Kier molecular flexibility index (Phi) is 26.4. The molecule has 0 saturated carbocycles. The van der Waals surface area contributed by atoms with Gasteiger partial charge < -0.3 is 22.3 Å². The van der Waals surface area contributed by atoms with E-state index >= 15 is 0 Å². The second kappa shape index (κ2) is 13.9. The van der Waals surface area contributed by atoms with Gasteiger partial charge in [0.05, 0.1) is 0 Å². The van der Waals surface area contributed by atoms with E-state index in [1.54, 1.807) is 6.08 Å². The van der Waals surface area contributed by atoms with Crippen LogP contribution >= 0.6 is 0 Å². The van der Waals surface area contributed by atoms with E-state index < -0.39 is 0 Å². The van der Waals surface area contributed by atoms with Crippen LogP contribution in [-0.2, 0) is 0 Å². The Morgan fingerprint density at radius 3 is 2.00 bits per heavy atom. The molecule has 1 heteroatoms. The van der Waals surface area contributed by atoms with Gasteiger partial charge in [0.25, 0.3) is 0 Å². The summed E-state index contributed by atoms with van der Waals surface area (Å²) in [4.78, 5) is 0. The summed E-state index contributed by atoms with van der Waals surface area (Å²) >= 11 is 0. The number of rotatable bonds is 1. The van der Waals surface area contributed by atoms with Gasteiger partial charge in [-0.1, -0.05) is 0 Å². The van der Waals surface area contributed by atoms with Gasteiger partial charge in [0, 0.05) is 0 Å². The van der Waals surface area contributed by atoms with Gasteiger partial charge in [-0.3, -0.25) is 0 Å². The van der Waals surface area contributed by atoms with Gasteiger partial charge in [0.2, 0.25) is 0 Å². The zero-order valence-electron chi connectivity index (χ0n) is 8.09. The van der Waals surface area contributed by atoms with Gasteiger partial charge >= 0.3 is 41.7 Å². The molecule has 0 bridgehead atoms. The van der Waals surface area contributed by atoms with Crippen molar-refractivity contribution >= 4 is 6.08 Å². The summed E-state index contributed by atoms with van der Waals surface area (Å²) in [6.07, 6.45) is 1.78. The first-order valence-corrected chi connectivity index (χ1v) is 2.52. The third-order valence-corrected chi connectivity index (χ3v) is 0.953. The van der Waals surface area contributed by atoms with Crippen LogP contribution in [-0.4, -0.2) is 0 Å². The zero-order valence-corrected chi connectivity index (χ0v) is 11.2. The monoisotopic (exact) mass is 288 g/mol. The topological polar surface area (TPSA) is 0 Å². The van der Waals surface area contributed by atoms with Crippen molar-refractivity contribution in [3.63, 3.8) is 0 Å². The van der Waals surface area contributed by atoms with E-state index in [0.29, 0.717) is 0 Å². The molecule has 1 rings (SSSR count). The molecule has 0 aliphatic rings. The molecule has 12 heavy (non-hydrogen) atoms. The Morgan fingerprint density at radius 1 is 1.17 bits per heavy atom. The van der Waals surface area contributed by atoms with Crippen LogP contribution in [0.3, 0.4) is 0 Å². The molecule has 0 saturated heterocycles. The minimum Gasteiger partial charge on any atom is -0.358 e. The molecule has 64 valence electrons. The fourth-order valence-electron chi connectivity index (χ4n) is 0.534. The SMILES string of the molecule is C=Cc1[c-]cccc1.[CH3-].[CH3-].[CH3-].[Ce+4]. The fourth-order valence-corrected chi connectivity index (χ4v) is 0.534. The second-order valence-electron chi connectivity index (χ2n) is 1.52. The minimum absolute atomic E-state index is 0. The van der Waals surface area contributed by atoms with E-state index in [1.165, 1.54) is 0 Å². The average molecular weight is 288 g/mol. The van der Waals surface area contributed by atoms with Crippen LogP contribution in [0, 0.1) is 70.1 Å². The van der Waals surface area contributed by atoms with Gasteiger partial charge in [-0.2, -0.15) is 5.56 Å². The predicted molar refractivity (Wildman–Crippen MR) is 54.6 cm³/mol. The van der Waals surface area contributed by atoms with Gasteiger partial charge in [-0.15, -0.1) is 43.0 Å². The molecule has 0 amide bonds. The molecule has 0 atom stereocenters. The van der Waals surface area contributed by atoms with Crippen LogP contribution in [0.25, 0.3) is 6.08 Å². The zero-order chi connectivity index (χ0) is 5.82. The molecular weight excluding hydrogens is 272 g/mol. The maximum atomic E-state index is 3.60. The van der Waals surface area contributed by atoms with Crippen LogP contribution < -0.4 is 0 Å². The van der Waals surface area contributed by atoms with Crippen LogP contribution in [0.2, 0.25) is 0 Å². The maximum absolute atomic E-state index is 3.60. The molecule has 0 aliphatic heterocycles. The van der Waals surface area contributed by atoms with E-state index in [-0.39, 0.29) is 64.0 Å². The summed E-state index contributed by atoms with van der Waals surface area (Å²) in [6, 6.07) is 10.7. The van der Waals surface area contributed by atoms with Crippen molar-refractivity contribution in [2.24, 2.45) is 0 Å². The smallest absolute Gasteiger partial charge is 0.358 e. The van der Waals surface area contributed by atoms with Crippen molar-refractivity contribution in [1.82, 2.24) is 0 Å². The van der Waals surface area contributed by atoms with Gasteiger partial charge in [0.15, 0.2) is 0 Å². The quantitative estimate of drug-likeness (QED) is 0.694. The van der Waals surface area contributed by atoms with E-state index in [2.05, 4.69) is 12.6 Å². The molecule has 0 unspecified atom stereocenters. The van der Waals surface area contributed by atoms with Crippen molar-refractivity contribution in [1.29, 1.82) is 0 Å². The number of benzene rings is 1. The molecule has 0 N–H and O–H groups in total. The summed E-state index contributed by atoms with van der Waals surface area (Å²) in [5.41, 5.74) is 1.05. The van der Waals surface area contributed by atoms with Crippen molar-refractivity contribution in [2.75, 3.05) is 0 Å². The number of hydrogen-bond donors (Lipinski definition) is 0. The third-order valence-electron chi connectivity index (χ3n) is 0.953. The van der Waals surface area contributed by atoms with Crippen LogP contribution in [0.1, 0.15) is 5.56 Å². The van der Waals surface area contributed by atoms with E-state index in [4.69, 9.17) is 0 Å². The number of hydrogen-bond acceptors (Lipinski definition) is 0. The first kappa shape index (κ1) is 22.8. The summed E-state index contributed by atoms with van der Waals surface area (Å²) in [6.45, 7) is 3.60. The van der Waals surface area contributed by atoms with Crippen LogP contribution in [0.15, 0.2) is 30.8 Å². The summed E-state index contributed by atoms with van der Waals surface area (Å²) in [5, 5.41) is 0. The molecule has 1 aromatic carbocycles. The van der Waals surface area contributed by atoms with Crippen molar-refractivity contribution < 1.29 is 41.7 Å². The van der Waals surface area contributed by atoms with E-state index in [1.807, 2.05) is 24.3 Å². The Bertz CT molecular complexity index is 168. The molecule has 0 spiro atoms. The minimum atomic E-state index is 0. The first-order valence-electron chi connectivity index (χ1n) is 2.52. The molecule has 1 aromatic rings. The summed E-state index contributed by atoms with van der Waals surface area (Å²) < 4.78 is 0. The Hall–Kier alpha value is 0.337. The molecule has 0 aliphatic carbocycles. The van der Waals surface area contributed by atoms with E-state index in [0.717, 1.165) is 5.56 Å². The Labute approximate surface area is 111 Å². The molecule has 0 aromatic heterocycles. The van der Waals surface area contributed by atoms with Gasteiger partial charge in [-0.05, 0) is 0 Å². The molecular formula is C11H16Ce. The fraction of sp³-hybridized carbons (Fsp3) is 0. The van der Waals surface area contributed by atoms with Crippen molar-refractivity contribution in [3.8, 4) is 0 Å². The second-order valence-corrected chi connectivity index (χ2v) is 1.52. The first-order chi connectivity index (χ1) is 3.93. The van der Waals surface area contributed by atoms with Gasteiger partial charge in [-0.25, -0.2) is 0 Å². The Balaban J connectivity index is -0.0000000800. The van der Waals surface area contributed by atoms with Crippen LogP contribution in [0.4, 0.5) is 0 Å². The summed E-state index contributed by atoms with van der Waals surface area (Å²) in [7, 11) is 0. The normalized spacial score (nSPS) is 5.67. The molecule has 0 nitrogen and oxygen atoms in total. The third kappa shape index (κ3) is 8.43. The molecule has 0 fully saturated rings. The maximum Gasteiger partial charge on any atom is 4.00 e. The van der Waals surface area contributed by atoms with Crippen LogP contribution in [0.5, 0.6) is 0 Å². The Morgan fingerprint density at radius 2 is 1.75 bits per heavy atom. The summed E-state index contributed by atoms with van der Waals surface area (Å²) in [5.74, 6) is 0. The van der Waals surface area contributed by atoms with Gasteiger partial charge in [0.1, 0.15) is 0 Å². The van der Waals surface area contributed by atoms with Crippen molar-refractivity contribution in [3.05, 3.63) is 64.8 Å². The predicted octanol–water partition coefficient (Wildman–Crippen LogP) is 3.48.